The summed E-state index contributed by atoms with van der Waals surface area (Å²) in [6, 6.07) is 20.3. The number of carbonyl (C=O) groups excluding carboxylic acids is 1. The van der Waals surface area contributed by atoms with Crippen molar-refractivity contribution in [1.29, 1.82) is 0 Å². The minimum Gasteiger partial charge on any atom is -0.496 e. The van der Waals surface area contributed by atoms with Crippen molar-refractivity contribution >= 4 is 33.4 Å². The first kappa shape index (κ1) is 23.8. The highest BCUT2D eigenvalue weighted by molar-refractivity contribution is 7.98. The lowest BCUT2D eigenvalue weighted by atomic mass is 10.1. The molecule has 168 valence electrons. The van der Waals surface area contributed by atoms with Crippen LogP contribution in [-0.4, -0.2) is 33.7 Å². The van der Waals surface area contributed by atoms with Gasteiger partial charge in [-0.2, -0.15) is 4.72 Å². The molecule has 0 unspecified atom stereocenters. The van der Waals surface area contributed by atoms with Gasteiger partial charge in [0.25, 0.3) is 0 Å². The van der Waals surface area contributed by atoms with E-state index >= 15 is 0 Å². The minimum atomic E-state index is -3.95. The van der Waals surface area contributed by atoms with Crippen LogP contribution >= 0.6 is 11.8 Å². The molecule has 32 heavy (non-hydrogen) atoms. The molecule has 0 aromatic heterocycles. The average molecular weight is 471 g/mol. The molecule has 1 amide bonds. The number of aryl methyl sites for hydroxylation is 1. The quantitative estimate of drug-likeness (QED) is 0.457. The van der Waals surface area contributed by atoms with Crippen LogP contribution in [0.5, 0.6) is 5.75 Å². The monoisotopic (exact) mass is 470 g/mol. The molecule has 8 heteroatoms. The maximum atomic E-state index is 13.1. The summed E-state index contributed by atoms with van der Waals surface area (Å²) in [5, 5.41) is 2.84. The van der Waals surface area contributed by atoms with Crippen molar-refractivity contribution in [2.45, 2.75) is 29.2 Å². The number of rotatable bonds is 9. The standard InChI is InChI=1S/C24H26N2O4S2/c1-17-14-21(12-13-23(17)30-2)32(28,29)26-22(15-18-8-5-4-6-9-18)24(27)25-19-10-7-11-20(16-19)31-3/h4-14,16,22,26H,15H2,1-3H3,(H,25,27)/t22-/m1/s1. The predicted molar refractivity (Wildman–Crippen MR) is 129 cm³/mol. The summed E-state index contributed by atoms with van der Waals surface area (Å²) in [5.74, 6) is 0.164. The van der Waals surface area contributed by atoms with Crippen LogP contribution in [0.3, 0.4) is 0 Å². The maximum absolute atomic E-state index is 13.1. The Bertz CT molecular complexity index is 1180. The number of methoxy groups -OCH3 is 1. The van der Waals surface area contributed by atoms with Crippen LogP contribution < -0.4 is 14.8 Å². The number of anilines is 1. The molecule has 0 saturated carbocycles. The van der Waals surface area contributed by atoms with Crippen LogP contribution in [0, 0.1) is 6.92 Å². The van der Waals surface area contributed by atoms with Crippen LogP contribution in [0.2, 0.25) is 0 Å². The van der Waals surface area contributed by atoms with Gasteiger partial charge in [-0.25, -0.2) is 8.42 Å². The van der Waals surface area contributed by atoms with Gasteiger partial charge < -0.3 is 10.1 Å². The molecule has 0 aliphatic heterocycles. The van der Waals surface area contributed by atoms with Gasteiger partial charge >= 0.3 is 0 Å². The molecule has 2 N–H and O–H groups in total. The van der Waals surface area contributed by atoms with E-state index in [0.717, 1.165) is 10.5 Å². The molecule has 3 rings (SSSR count). The Morgan fingerprint density at radius 1 is 1.03 bits per heavy atom. The second-order valence-electron chi connectivity index (χ2n) is 7.22. The number of carbonyl (C=O) groups is 1. The van der Waals surface area contributed by atoms with Crippen LogP contribution in [0.4, 0.5) is 5.69 Å². The summed E-state index contributed by atoms with van der Waals surface area (Å²) >= 11 is 1.56. The molecule has 3 aromatic carbocycles. The van der Waals surface area contributed by atoms with Crippen molar-refractivity contribution in [3.8, 4) is 5.75 Å². The zero-order chi connectivity index (χ0) is 23.1. The lowest BCUT2D eigenvalue weighted by Gasteiger charge is -2.19. The molecule has 0 saturated heterocycles. The Balaban J connectivity index is 1.88. The minimum absolute atomic E-state index is 0.0750. The number of benzene rings is 3. The van der Waals surface area contributed by atoms with Gasteiger partial charge in [0.1, 0.15) is 11.8 Å². The Kier molecular flexibility index (Phi) is 7.95. The van der Waals surface area contributed by atoms with Gasteiger partial charge in [0.05, 0.1) is 12.0 Å². The normalized spacial score (nSPS) is 12.2. The third kappa shape index (κ3) is 6.12. The summed E-state index contributed by atoms with van der Waals surface area (Å²) in [6.07, 6.45) is 2.16. The summed E-state index contributed by atoms with van der Waals surface area (Å²) in [7, 11) is -2.42. The molecule has 1 atom stereocenters. The largest absolute Gasteiger partial charge is 0.496 e. The number of hydrogen-bond acceptors (Lipinski definition) is 5. The van der Waals surface area contributed by atoms with Gasteiger partial charge in [-0.1, -0.05) is 36.4 Å². The van der Waals surface area contributed by atoms with Crippen molar-refractivity contribution in [2.24, 2.45) is 0 Å². The fraction of sp³-hybridized carbons (Fsp3) is 0.208. The first-order valence-electron chi connectivity index (χ1n) is 9.98. The number of thioether (sulfide) groups is 1. The number of ether oxygens (including phenoxy) is 1. The summed E-state index contributed by atoms with van der Waals surface area (Å²) in [6.45, 7) is 1.77. The maximum Gasteiger partial charge on any atom is 0.242 e. The van der Waals surface area contributed by atoms with Gasteiger partial charge in [0.2, 0.25) is 15.9 Å². The molecule has 0 radical (unpaired) electrons. The van der Waals surface area contributed by atoms with E-state index in [9.17, 15) is 13.2 Å². The third-order valence-corrected chi connectivity index (χ3v) is 7.11. The van der Waals surface area contributed by atoms with Crippen LogP contribution in [0.1, 0.15) is 11.1 Å². The first-order valence-corrected chi connectivity index (χ1v) is 12.7. The molecule has 0 bridgehead atoms. The highest BCUT2D eigenvalue weighted by Gasteiger charge is 2.26. The van der Waals surface area contributed by atoms with Gasteiger partial charge in [-0.15, -0.1) is 11.8 Å². The number of amides is 1. The van der Waals surface area contributed by atoms with E-state index in [2.05, 4.69) is 10.0 Å². The molecule has 0 aliphatic rings. The molecule has 6 nitrogen and oxygen atoms in total. The number of hydrogen-bond donors (Lipinski definition) is 2. The van der Waals surface area contributed by atoms with E-state index in [1.807, 2.05) is 54.8 Å². The van der Waals surface area contributed by atoms with Crippen molar-refractivity contribution in [2.75, 3.05) is 18.7 Å². The Hall–Kier alpha value is -2.81. The first-order chi connectivity index (χ1) is 15.3. The van der Waals surface area contributed by atoms with E-state index in [1.54, 1.807) is 30.8 Å². The predicted octanol–water partition coefficient (Wildman–Crippen LogP) is 4.25. The van der Waals surface area contributed by atoms with Gasteiger partial charge in [0.15, 0.2) is 0 Å². The molecule has 0 spiro atoms. The van der Waals surface area contributed by atoms with Crippen molar-refractivity contribution in [1.82, 2.24) is 4.72 Å². The van der Waals surface area contributed by atoms with Crippen LogP contribution in [0.15, 0.2) is 82.6 Å². The van der Waals surface area contributed by atoms with Crippen LogP contribution in [-0.2, 0) is 21.2 Å². The fourth-order valence-corrected chi connectivity index (χ4v) is 4.98. The number of nitrogens with one attached hydrogen (secondary N) is 2. The Morgan fingerprint density at radius 2 is 1.78 bits per heavy atom. The van der Waals surface area contributed by atoms with E-state index in [1.165, 1.54) is 19.2 Å². The molecule has 0 heterocycles. The van der Waals surface area contributed by atoms with Gasteiger partial charge in [0, 0.05) is 10.6 Å². The summed E-state index contributed by atoms with van der Waals surface area (Å²) in [5.41, 5.74) is 2.15. The average Bonchev–Trinajstić information content (AvgIpc) is 2.79. The summed E-state index contributed by atoms with van der Waals surface area (Å²) < 4.78 is 34.0. The highest BCUT2D eigenvalue weighted by Crippen LogP contribution is 2.22. The lowest BCUT2D eigenvalue weighted by molar-refractivity contribution is -0.117. The topological polar surface area (TPSA) is 84.5 Å². The van der Waals surface area contributed by atoms with Crippen molar-refractivity contribution in [3.63, 3.8) is 0 Å². The molecule has 0 fully saturated rings. The van der Waals surface area contributed by atoms with E-state index in [0.29, 0.717) is 17.0 Å². The molecular weight excluding hydrogens is 444 g/mol. The number of sulfonamides is 1. The second-order valence-corrected chi connectivity index (χ2v) is 9.81. The molecular formula is C24H26N2O4S2. The second kappa shape index (κ2) is 10.7. The Labute approximate surface area is 193 Å². The van der Waals surface area contributed by atoms with Gasteiger partial charge in [-0.05, 0) is 67.1 Å². The Morgan fingerprint density at radius 3 is 2.44 bits per heavy atom. The smallest absolute Gasteiger partial charge is 0.242 e. The summed E-state index contributed by atoms with van der Waals surface area (Å²) in [4.78, 5) is 14.2. The van der Waals surface area contributed by atoms with Crippen LogP contribution in [0.25, 0.3) is 0 Å². The SMILES string of the molecule is COc1ccc(S(=O)(=O)N[C@H](Cc2ccccc2)C(=O)Nc2cccc(SC)c2)cc1C. The van der Waals surface area contributed by atoms with Crippen molar-refractivity contribution < 1.29 is 17.9 Å². The molecule has 0 aliphatic carbocycles. The van der Waals surface area contributed by atoms with Gasteiger partial charge in [-0.3, -0.25) is 4.79 Å². The van der Waals surface area contributed by atoms with E-state index in [-0.39, 0.29) is 11.3 Å². The van der Waals surface area contributed by atoms with Crippen molar-refractivity contribution in [3.05, 3.63) is 83.9 Å². The third-order valence-electron chi connectivity index (χ3n) is 4.91. The lowest BCUT2D eigenvalue weighted by Crippen LogP contribution is -2.45. The zero-order valence-electron chi connectivity index (χ0n) is 18.2. The fourth-order valence-electron chi connectivity index (χ4n) is 3.24. The van der Waals surface area contributed by atoms with E-state index < -0.39 is 22.0 Å². The molecule has 3 aromatic rings. The highest BCUT2D eigenvalue weighted by atomic mass is 32.2. The van der Waals surface area contributed by atoms with E-state index in [4.69, 9.17) is 4.74 Å². The zero-order valence-corrected chi connectivity index (χ0v) is 19.8.